The molecule has 0 heterocycles. The fourth-order valence-electron chi connectivity index (χ4n) is 1.66. The van der Waals surface area contributed by atoms with Crippen molar-refractivity contribution < 1.29 is 10.0 Å². The number of carbonyl (C=O) groups is 1. The van der Waals surface area contributed by atoms with Crippen molar-refractivity contribution in [3.63, 3.8) is 0 Å². The molecular formula is C12H17N3O2. The number of oxime groups is 1. The number of likely N-dealkylation sites (N-methyl/N-ethyl adjacent to an activating group) is 1. The largest absolute Gasteiger partial charge is 0.409 e. The molecule has 0 spiro atoms. The fraction of sp³-hybridized carbons (Fsp3) is 0.333. The van der Waals surface area contributed by atoms with Crippen molar-refractivity contribution in [2.75, 3.05) is 13.6 Å². The van der Waals surface area contributed by atoms with Gasteiger partial charge in [0.25, 0.3) is 5.91 Å². The summed E-state index contributed by atoms with van der Waals surface area (Å²) < 4.78 is 0. The Balaban J connectivity index is 2.88. The van der Waals surface area contributed by atoms with E-state index in [1.54, 1.807) is 7.05 Å². The zero-order valence-electron chi connectivity index (χ0n) is 10.3. The van der Waals surface area contributed by atoms with Crippen LogP contribution in [0.25, 0.3) is 0 Å². The van der Waals surface area contributed by atoms with Gasteiger partial charge in [0.15, 0.2) is 5.84 Å². The summed E-state index contributed by atoms with van der Waals surface area (Å²) in [6, 6.07) is 5.64. The number of nitrogens with two attached hydrogens (primary N) is 1. The molecule has 92 valence electrons. The molecule has 17 heavy (non-hydrogen) atoms. The number of benzene rings is 1. The molecule has 1 amide bonds. The molecule has 5 heteroatoms. The van der Waals surface area contributed by atoms with Gasteiger partial charge in [-0.15, -0.1) is 0 Å². The van der Waals surface area contributed by atoms with Crippen molar-refractivity contribution in [3.8, 4) is 0 Å². The van der Waals surface area contributed by atoms with Crippen molar-refractivity contribution in [2.24, 2.45) is 10.9 Å². The van der Waals surface area contributed by atoms with E-state index < -0.39 is 0 Å². The summed E-state index contributed by atoms with van der Waals surface area (Å²) in [6.45, 7) is 3.98. The van der Waals surface area contributed by atoms with E-state index in [9.17, 15) is 4.79 Å². The lowest BCUT2D eigenvalue weighted by Crippen LogP contribution is -2.35. The Hall–Kier alpha value is -2.04. The second-order valence-electron chi connectivity index (χ2n) is 4.13. The Kier molecular flexibility index (Phi) is 4.09. The lowest BCUT2D eigenvalue weighted by Gasteiger charge is -2.16. The highest BCUT2D eigenvalue weighted by Crippen LogP contribution is 2.10. The number of aryl methyl sites for hydroxylation is 2. The highest BCUT2D eigenvalue weighted by Gasteiger charge is 2.13. The molecule has 0 aliphatic rings. The summed E-state index contributed by atoms with van der Waals surface area (Å²) in [5, 5.41) is 11.3. The van der Waals surface area contributed by atoms with Crippen molar-refractivity contribution in [2.45, 2.75) is 13.8 Å². The van der Waals surface area contributed by atoms with Crippen molar-refractivity contribution in [3.05, 3.63) is 34.9 Å². The summed E-state index contributed by atoms with van der Waals surface area (Å²) in [4.78, 5) is 13.4. The van der Waals surface area contributed by atoms with Crippen LogP contribution >= 0.6 is 0 Å². The van der Waals surface area contributed by atoms with Gasteiger partial charge in [-0.2, -0.15) is 0 Å². The number of carbonyl (C=O) groups excluding carboxylic acids is 1. The first-order chi connectivity index (χ1) is 7.93. The highest BCUT2D eigenvalue weighted by molar-refractivity contribution is 5.97. The third kappa shape index (κ3) is 3.48. The van der Waals surface area contributed by atoms with E-state index in [0.29, 0.717) is 5.56 Å². The van der Waals surface area contributed by atoms with Crippen LogP contribution in [0.5, 0.6) is 0 Å². The van der Waals surface area contributed by atoms with Crippen LogP contribution in [0.2, 0.25) is 0 Å². The Bertz CT molecular complexity index is 435. The molecule has 5 nitrogen and oxygen atoms in total. The molecule has 0 saturated carbocycles. The van der Waals surface area contributed by atoms with Crippen molar-refractivity contribution in [1.82, 2.24) is 4.90 Å². The van der Waals surface area contributed by atoms with Gasteiger partial charge in [0.05, 0.1) is 6.54 Å². The van der Waals surface area contributed by atoms with Gasteiger partial charge in [0.1, 0.15) is 0 Å². The van der Waals surface area contributed by atoms with Gasteiger partial charge < -0.3 is 15.8 Å². The average molecular weight is 235 g/mol. The molecule has 0 radical (unpaired) electrons. The van der Waals surface area contributed by atoms with Crippen LogP contribution in [0.15, 0.2) is 23.4 Å². The molecule has 0 atom stereocenters. The number of rotatable bonds is 3. The van der Waals surface area contributed by atoms with Gasteiger partial charge in [-0.3, -0.25) is 4.79 Å². The van der Waals surface area contributed by atoms with E-state index in [1.165, 1.54) is 4.90 Å². The zero-order valence-corrected chi connectivity index (χ0v) is 10.3. The van der Waals surface area contributed by atoms with Gasteiger partial charge in [0.2, 0.25) is 0 Å². The van der Waals surface area contributed by atoms with E-state index in [1.807, 2.05) is 32.0 Å². The van der Waals surface area contributed by atoms with Gasteiger partial charge in [-0.25, -0.2) is 0 Å². The highest BCUT2D eigenvalue weighted by atomic mass is 16.4. The third-order valence-corrected chi connectivity index (χ3v) is 2.34. The van der Waals surface area contributed by atoms with E-state index >= 15 is 0 Å². The molecule has 0 bridgehead atoms. The summed E-state index contributed by atoms with van der Waals surface area (Å²) in [5.74, 6) is -0.145. The number of amidine groups is 1. The maximum atomic E-state index is 12.0. The molecule has 1 rings (SSSR count). The van der Waals surface area contributed by atoms with Gasteiger partial charge >= 0.3 is 0 Å². The number of nitrogens with zero attached hydrogens (tertiary/aromatic N) is 2. The molecular weight excluding hydrogens is 218 g/mol. The molecule has 0 unspecified atom stereocenters. The van der Waals surface area contributed by atoms with Crippen LogP contribution in [0.3, 0.4) is 0 Å². The number of amides is 1. The molecule has 0 saturated heterocycles. The van der Waals surface area contributed by atoms with Crippen LogP contribution in [0.4, 0.5) is 0 Å². The van der Waals surface area contributed by atoms with Crippen LogP contribution in [-0.2, 0) is 0 Å². The lowest BCUT2D eigenvalue weighted by molar-refractivity contribution is 0.0813. The smallest absolute Gasteiger partial charge is 0.254 e. The predicted molar refractivity (Wildman–Crippen MR) is 66.3 cm³/mol. The normalized spacial score (nSPS) is 11.4. The molecule has 1 aromatic carbocycles. The van der Waals surface area contributed by atoms with Crippen molar-refractivity contribution >= 4 is 11.7 Å². The monoisotopic (exact) mass is 235 g/mol. The maximum absolute atomic E-state index is 12.0. The number of hydrogen-bond acceptors (Lipinski definition) is 3. The predicted octanol–water partition coefficient (Wildman–Crippen LogP) is 1.12. The zero-order chi connectivity index (χ0) is 13.0. The number of hydrogen-bond donors (Lipinski definition) is 2. The maximum Gasteiger partial charge on any atom is 0.254 e. The molecule has 0 aromatic heterocycles. The minimum absolute atomic E-state index is 0.00484. The van der Waals surface area contributed by atoms with Crippen LogP contribution in [-0.4, -0.2) is 35.4 Å². The first-order valence-corrected chi connectivity index (χ1v) is 5.24. The van der Waals surface area contributed by atoms with Crippen LogP contribution in [0.1, 0.15) is 21.5 Å². The third-order valence-electron chi connectivity index (χ3n) is 2.34. The summed E-state index contributed by atoms with van der Waals surface area (Å²) in [7, 11) is 1.61. The molecule has 1 aromatic rings. The Morgan fingerprint density at radius 2 is 1.88 bits per heavy atom. The van der Waals surface area contributed by atoms with Gasteiger partial charge in [0, 0.05) is 12.6 Å². The van der Waals surface area contributed by atoms with E-state index in [2.05, 4.69) is 5.16 Å². The summed E-state index contributed by atoms with van der Waals surface area (Å²) >= 11 is 0. The first kappa shape index (κ1) is 13.0. The van der Waals surface area contributed by atoms with E-state index in [4.69, 9.17) is 10.9 Å². The first-order valence-electron chi connectivity index (χ1n) is 5.24. The Labute approximate surface area is 101 Å². The minimum Gasteiger partial charge on any atom is -0.409 e. The second kappa shape index (κ2) is 5.34. The minimum atomic E-state index is -0.150. The molecule has 3 N–H and O–H groups in total. The summed E-state index contributed by atoms with van der Waals surface area (Å²) in [6.07, 6.45) is 0. The van der Waals surface area contributed by atoms with E-state index in [-0.39, 0.29) is 18.3 Å². The van der Waals surface area contributed by atoms with Crippen LogP contribution in [0, 0.1) is 13.8 Å². The lowest BCUT2D eigenvalue weighted by atomic mass is 10.1. The van der Waals surface area contributed by atoms with Gasteiger partial charge in [-0.05, 0) is 26.0 Å². The van der Waals surface area contributed by atoms with Crippen molar-refractivity contribution in [1.29, 1.82) is 0 Å². The second-order valence-corrected chi connectivity index (χ2v) is 4.13. The SMILES string of the molecule is Cc1cc(C)cc(C(=O)N(C)CC(N)=NO)c1. The molecule has 0 fully saturated rings. The summed E-state index contributed by atoms with van der Waals surface area (Å²) in [5.41, 5.74) is 8.03. The quantitative estimate of drug-likeness (QED) is 0.356. The molecule has 0 aliphatic carbocycles. The van der Waals surface area contributed by atoms with Gasteiger partial charge in [-0.1, -0.05) is 22.3 Å². The Morgan fingerprint density at radius 1 is 1.35 bits per heavy atom. The fourth-order valence-corrected chi connectivity index (χ4v) is 1.66. The van der Waals surface area contributed by atoms with E-state index in [0.717, 1.165) is 11.1 Å². The Morgan fingerprint density at radius 3 is 2.35 bits per heavy atom. The standard InChI is InChI=1S/C12H17N3O2/c1-8-4-9(2)6-10(5-8)12(16)15(3)7-11(13)14-17/h4-6,17H,7H2,1-3H3,(H2,13,14). The topological polar surface area (TPSA) is 78.9 Å². The average Bonchev–Trinajstić information content (AvgIpc) is 2.26. The van der Waals surface area contributed by atoms with Crippen LogP contribution < -0.4 is 5.73 Å². The molecule has 0 aliphatic heterocycles.